The monoisotopic (exact) mass is 224 g/mol. The molecule has 84 valence electrons. The number of nitrogens with two attached hydrogens (primary N) is 1. The number of aryl methyl sites for hydroxylation is 1. The van der Waals surface area contributed by atoms with Gasteiger partial charge >= 0.3 is 0 Å². The maximum Gasteiger partial charge on any atom is 0.138 e. The first kappa shape index (κ1) is 9.84. The van der Waals surface area contributed by atoms with E-state index in [1.165, 1.54) is 0 Å². The predicted molar refractivity (Wildman–Crippen MR) is 68.5 cm³/mol. The Kier molecular flexibility index (Phi) is 2.08. The van der Waals surface area contributed by atoms with Gasteiger partial charge in [-0.3, -0.25) is 4.98 Å². The predicted octanol–water partition coefficient (Wildman–Crippen LogP) is 2.52. The zero-order valence-corrected chi connectivity index (χ0v) is 9.44. The average molecular weight is 224 g/mol. The Morgan fingerprint density at radius 3 is 2.94 bits per heavy atom. The molecule has 0 spiro atoms. The van der Waals surface area contributed by atoms with Gasteiger partial charge in [0.25, 0.3) is 0 Å². The van der Waals surface area contributed by atoms with Crippen LogP contribution in [-0.4, -0.2) is 15.0 Å². The summed E-state index contributed by atoms with van der Waals surface area (Å²) in [5, 5.41) is 0. The van der Waals surface area contributed by atoms with E-state index in [0.29, 0.717) is 0 Å². The molecule has 2 heterocycles. The molecule has 17 heavy (non-hydrogen) atoms. The van der Waals surface area contributed by atoms with Gasteiger partial charge in [-0.15, -0.1) is 0 Å². The van der Waals surface area contributed by atoms with E-state index in [1.54, 1.807) is 12.4 Å². The summed E-state index contributed by atoms with van der Waals surface area (Å²) >= 11 is 0. The molecular formula is C13H12N4. The lowest BCUT2D eigenvalue weighted by molar-refractivity contribution is 1.30. The summed E-state index contributed by atoms with van der Waals surface area (Å²) in [6.07, 6.45) is 3.51. The number of rotatable bonds is 1. The third-order valence-electron chi connectivity index (χ3n) is 2.80. The van der Waals surface area contributed by atoms with Crippen LogP contribution >= 0.6 is 0 Å². The van der Waals surface area contributed by atoms with Crippen molar-refractivity contribution in [3.05, 3.63) is 42.2 Å². The number of benzene rings is 1. The van der Waals surface area contributed by atoms with Crippen molar-refractivity contribution in [2.75, 3.05) is 5.73 Å². The third kappa shape index (κ3) is 1.63. The summed E-state index contributed by atoms with van der Waals surface area (Å²) in [5.41, 5.74) is 10.6. The molecule has 0 saturated carbocycles. The minimum absolute atomic E-state index is 0.740. The highest BCUT2D eigenvalue weighted by Gasteiger charge is 2.07. The van der Waals surface area contributed by atoms with E-state index in [-0.39, 0.29) is 0 Å². The Hall–Kier alpha value is -2.36. The van der Waals surface area contributed by atoms with Crippen LogP contribution in [0.1, 0.15) is 5.56 Å². The molecule has 0 aliphatic heterocycles. The largest absolute Gasteiger partial charge is 0.399 e. The Morgan fingerprint density at radius 2 is 2.12 bits per heavy atom. The second kappa shape index (κ2) is 3.59. The van der Waals surface area contributed by atoms with E-state index in [0.717, 1.165) is 33.7 Å². The van der Waals surface area contributed by atoms with Crippen LogP contribution in [0.2, 0.25) is 0 Å². The molecule has 3 aromatic rings. The van der Waals surface area contributed by atoms with E-state index in [1.807, 2.05) is 31.2 Å². The lowest BCUT2D eigenvalue weighted by Crippen LogP contribution is -1.90. The molecule has 0 radical (unpaired) electrons. The van der Waals surface area contributed by atoms with Crippen LogP contribution in [-0.2, 0) is 0 Å². The minimum atomic E-state index is 0.740. The fraction of sp³-hybridized carbons (Fsp3) is 0.0769. The molecular weight excluding hydrogens is 212 g/mol. The number of imidazole rings is 1. The zero-order valence-electron chi connectivity index (χ0n) is 9.44. The molecule has 0 atom stereocenters. The van der Waals surface area contributed by atoms with E-state index in [2.05, 4.69) is 15.0 Å². The van der Waals surface area contributed by atoms with Crippen molar-refractivity contribution in [2.24, 2.45) is 0 Å². The Morgan fingerprint density at radius 1 is 1.24 bits per heavy atom. The fourth-order valence-corrected chi connectivity index (χ4v) is 1.88. The van der Waals surface area contributed by atoms with Crippen LogP contribution in [0.3, 0.4) is 0 Å². The number of nitrogens with one attached hydrogen (secondary N) is 1. The fourth-order valence-electron chi connectivity index (χ4n) is 1.88. The van der Waals surface area contributed by atoms with Crippen molar-refractivity contribution < 1.29 is 0 Å². The summed E-state index contributed by atoms with van der Waals surface area (Å²) in [6.45, 7) is 2.04. The molecule has 4 nitrogen and oxygen atoms in total. The number of hydrogen-bond donors (Lipinski definition) is 2. The van der Waals surface area contributed by atoms with Crippen molar-refractivity contribution in [3.8, 4) is 11.4 Å². The molecule has 0 amide bonds. The van der Waals surface area contributed by atoms with Crippen LogP contribution in [0.15, 0.2) is 36.7 Å². The van der Waals surface area contributed by atoms with Gasteiger partial charge in [-0.2, -0.15) is 0 Å². The van der Waals surface area contributed by atoms with Gasteiger partial charge in [-0.1, -0.05) is 6.07 Å². The summed E-state index contributed by atoms with van der Waals surface area (Å²) < 4.78 is 0. The number of nitrogen functional groups attached to an aromatic ring is 1. The van der Waals surface area contributed by atoms with Crippen molar-refractivity contribution >= 4 is 16.7 Å². The SMILES string of the molecule is Cc1ccc(N)cc1-c1nc2ccncc2[nH]1. The molecule has 4 heteroatoms. The van der Waals surface area contributed by atoms with Crippen LogP contribution in [0.4, 0.5) is 5.69 Å². The van der Waals surface area contributed by atoms with E-state index >= 15 is 0 Å². The van der Waals surface area contributed by atoms with Crippen LogP contribution in [0.25, 0.3) is 22.4 Å². The highest BCUT2D eigenvalue weighted by Crippen LogP contribution is 2.24. The molecule has 0 aliphatic rings. The molecule has 0 bridgehead atoms. The van der Waals surface area contributed by atoms with Crippen molar-refractivity contribution in [1.82, 2.24) is 15.0 Å². The van der Waals surface area contributed by atoms with Gasteiger partial charge < -0.3 is 10.7 Å². The standard InChI is InChI=1S/C13H12N4/c1-8-2-3-9(14)6-10(8)13-16-11-4-5-15-7-12(11)17-13/h2-7H,14H2,1H3,(H,16,17). The van der Waals surface area contributed by atoms with Gasteiger partial charge in [0.1, 0.15) is 5.82 Å². The maximum absolute atomic E-state index is 5.81. The Labute approximate surface area is 98.5 Å². The molecule has 2 aromatic heterocycles. The highest BCUT2D eigenvalue weighted by atomic mass is 14.9. The van der Waals surface area contributed by atoms with Crippen LogP contribution in [0, 0.1) is 6.92 Å². The molecule has 0 unspecified atom stereocenters. The third-order valence-corrected chi connectivity index (χ3v) is 2.80. The number of nitrogens with zero attached hydrogens (tertiary/aromatic N) is 2. The lowest BCUT2D eigenvalue weighted by Gasteiger charge is -2.03. The number of aromatic amines is 1. The number of hydrogen-bond acceptors (Lipinski definition) is 3. The van der Waals surface area contributed by atoms with Gasteiger partial charge in [0, 0.05) is 17.4 Å². The second-order valence-electron chi connectivity index (χ2n) is 4.05. The summed E-state index contributed by atoms with van der Waals surface area (Å²) in [5.74, 6) is 0.831. The van der Waals surface area contributed by atoms with Crippen LogP contribution < -0.4 is 5.73 Å². The van der Waals surface area contributed by atoms with Crippen LogP contribution in [0.5, 0.6) is 0 Å². The van der Waals surface area contributed by atoms with E-state index in [4.69, 9.17) is 5.73 Å². The first-order valence-corrected chi connectivity index (χ1v) is 5.40. The maximum atomic E-state index is 5.81. The van der Waals surface area contributed by atoms with E-state index in [9.17, 15) is 0 Å². The molecule has 1 aromatic carbocycles. The van der Waals surface area contributed by atoms with Gasteiger partial charge in [0.05, 0.1) is 17.2 Å². The van der Waals surface area contributed by atoms with Crippen molar-refractivity contribution in [2.45, 2.75) is 6.92 Å². The first-order valence-electron chi connectivity index (χ1n) is 5.40. The lowest BCUT2D eigenvalue weighted by atomic mass is 10.1. The number of fused-ring (bicyclic) bond motifs is 1. The van der Waals surface area contributed by atoms with E-state index < -0.39 is 0 Å². The number of H-pyrrole nitrogens is 1. The Balaban J connectivity index is 2.23. The normalized spacial score (nSPS) is 10.9. The topological polar surface area (TPSA) is 67.6 Å². The highest BCUT2D eigenvalue weighted by molar-refractivity contribution is 5.79. The molecule has 0 saturated heterocycles. The summed E-state index contributed by atoms with van der Waals surface area (Å²) in [7, 11) is 0. The first-order chi connectivity index (χ1) is 8.24. The number of anilines is 1. The zero-order chi connectivity index (χ0) is 11.8. The van der Waals surface area contributed by atoms with Gasteiger partial charge in [0.2, 0.25) is 0 Å². The quantitative estimate of drug-likeness (QED) is 0.624. The van der Waals surface area contributed by atoms with Gasteiger partial charge in [-0.25, -0.2) is 4.98 Å². The summed E-state index contributed by atoms with van der Waals surface area (Å²) in [6, 6.07) is 7.70. The molecule has 3 N–H and O–H groups in total. The average Bonchev–Trinajstić information content (AvgIpc) is 2.75. The molecule has 0 aliphatic carbocycles. The van der Waals surface area contributed by atoms with Crippen molar-refractivity contribution in [3.63, 3.8) is 0 Å². The smallest absolute Gasteiger partial charge is 0.138 e. The van der Waals surface area contributed by atoms with Gasteiger partial charge in [-0.05, 0) is 30.7 Å². The Bertz CT molecular complexity index is 652. The number of pyridine rings is 1. The number of aromatic nitrogens is 3. The molecule has 3 rings (SSSR count). The second-order valence-corrected chi connectivity index (χ2v) is 4.05. The van der Waals surface area contributed by atoms with Gasteiger partial charge in [0.15, 0.2) is 0 Å². The molecule has 0 fully saturated rings. The summed E-state index contributed by atoms with van der Waals surface area (Å²) in [4.78, 5) is 11.8. The minimum Gasteiger partial charge on any atom is -0.399 e. The van der Waals surface area contributed by atoms with Crippen molar-refractivity contribution in [1.29, 1.82) is 0 Å².